The summed E-state index contributed by atoms with van der Waals surface area (Å²) in [5.74, 6) is 0.538. The van der Waals surface area contributed by atoms with Crippen molar-refractivity contribution in [3.8, 4) is 0 Å². The van der Waals surface area contributed by atoms with E-state index >= 15 is 0 Å². The van der Waals surface area contributed by atoms with Crippen molar-refractivity contribution in [1.82, 2.24) is 10.2 Å². The van der Waals surface area contributed by atoms with E-state index < -0.39 is 0 Å². The number of para-hydroxylation sites is 1. The number of anilines is 1. The molecule has 0 radical (unpaired) electrons. The van der Waals surface area contributed by atoms with Crippen LogP contribution in [0.15, 0.2) is 24.3 Å². The van der Waals surface area contributed by atoms with Crippen LogP contribution in [0.5, 0.6) is 0 Å². The van der Waals surface area contributed by atoms with E-state index in [0.717, 1.165) is 19.6 Å². The molecule has 2 amide bonds. The van der Waals surface area contributed by atoms with E-state index in [4.69, 9.17) is 11.6 Å². The summed E-state index contributed by atoms with van der Waals surface area (Å²) in [4.78, 5) is 13.8. The topological polar surface area (TPSA) is 44.4 Å². The average molecular weight is 282 g/mol. The molecular formula is C14H20ClN3O. The highest BCUT2D eigenvalue weighted by atomic mass is 35.5. The Balaban J connectivity index is 1.87. The molecule has 0 bridgehead atoms. The molecule has 0 aliphatic carbocycles. The molecule has 2 N–H and O–H groups in total. The molecule has 1 aromatic carbocycles. The maximum absolute atomic E-state index is 12.1. The van der Waals surface area contributed by atoms with Gasteiger partial charge in [-0.15, -0.1) is 0 Å². The number of carbonyl (C=O) groups is 1. The lowest BCUT2D eigenvalue weighted by Crippen LogP contribution is -2.40. The van der Waals surface area contributed by atoms with E-state index in [1.807, 2.05) is 19.2 Å². The molecule has 1 saturated heterocycles. The molecule has 0 aromatic heterocycles. The molecule has 104 valence electrons. The van der Waals surface area contributed by atoms with Crippen LogP contribution in [0.2, 0.25) is 5.02 Å². The van der Waals surface area contributed by atoms with Gasteiger partial charge >= 0.3 is 6.03 Å². The quantitative estimate of drug-likeness (QED) is 0.895. The van der Waals surface area contributed by atoms with Crippen LogP contribution in [0.3, 0.4) is 0 Å². The van der Waals surface area contributed by atoms with Crippen LogP contribution in [-0.2, 0) is 0 Å². The van der Waals surface area contributed by atoms with E-state index in [9.17, 15) is 4.79 Å². The van der Waals surface area contributed by atoms with Crippen LogP contribution in [0.25, 0.3) is 0 Å². The number of benzene rings is 1. The van der Waals surface area contributed by atoms with Gasteiger partial charge < -0.3 is 15.5 Å². The molecule has 0 saturated carbocycles. The van der Waals surface area contributed by atoms with Gasteiger partial charge in [0, 0.05) is 13.6 Å². The molecule has 5 heteroatoms. The Morgan fingerprint density at radius 2 is 2.32 bits per heavy atom. The second kappa shape index (κ2) is 6.78. The first-order valence-electron chi connectivity index (χ1n) is 6.64. The predicted molar refractivity (Wildman–Crippen MR) is 78.7 cm³/mol. The highest BCUT2D eigenvalue weighted by molar-refractivity contribution is 6.33. The van der Waals surface area contributed by atoms with E-state index in [1.54, 1.807) is 17.0 Å². The molecule has 1 atom stereocenters. The Hall–Kier alpha value is -1.26. The monoisotopic (exact) mass is 281 g/mol. The van der Waals surface area contributed by atoms with Crippen LogP contribution < -0.4 is 10.6 Å². The summed E-state index contributed by atoms with van der Waals surface area (Å²) in [5, 5.41) is 6.75. The lowest BCUT2D eigenvalue weighted by atomic mass is 9.99. The maximum Gasteiger partial charge on any atom is 0.321 e. The van der Waals surface area contributed by atoms with Gasteiger partial charge in [0.15, 0.2) is 0 Å². The summed E-state index contributed by atoms with van der Waals surface area (Å²) in [7, 11) is 1.82. The van der Waals surface area contributed by atoms with Gasteiger partial charge in [-0.05, 0) is 44.0 Å². The number of nitrogens with zero attached hydrogens (tertiary/aromatic N) is 1. The number of halogens is 1. The SMILES string of the molecule is CN(CC1CCCNC1)C(=O)Nc1ccccc1Cl. The zero-order valence-corrected chi connectivity index (χ0v) is 11.9. The molecule has 1 aliphatic heterocycles. The number of hydrogen-bond donors (Lipinski definition) is 2. The van der Waals surface area contributed by atoms with Gasteiger partial charge in [0.2, 0.25) is 0 Å². The minimum absolute atomic E-state index is 0.112. The molecule has 1 aliphatic rings. The van der Waals surface area contributed by atoms with Gasteiger partial charge in [0.25, 0.3) is 0 Å². The number of piperidine rings is 1. The molecule has 19 heavy (non-hydrogen) atoms. The van der Waals surface area contributed by atoms with Crippen molar-refractivity contribution >= 4 is 23.3 Å². The van der Waals surface area contributed by atoms with Gasteiger partial charge in [-0.2, -0.15) is 0 Å². The highest BCUT2D eigenvalue weighted by Gasteiger charge is 2.18. The molecule has 1 heterocycles. The standard InChI is InChI=1S/C14H20ClN3O/c1-18(10-11-5-4-8-16-9-11)14(19)17-13-7-3-2-6-12(13)15/h2-3,6-7,11,16H,4-5,8-10H2,1H3,(H,17,19). The number of carbonyl (C=O) groups excluding carboxylic acids is 1. The Bertz CT molecular complexity index is 432. The zero-order chi connectivity index (χ0) is 13.7. The van der Waals surface area contributed by atoms with E-state index in [1.165, 1.54) is 12.8 Å². The van der Waals surface area contributed by atoms with Crippen LogP contribution in [0, 0.1) is 5.92 Å². The van der Waals surface area contributed by atoms with Crippen molar-refractivity contribution in [2.45, 2.75) is 12.8 Å². The lowest BCUT2D eigenvalue weighted by Gasteiger charge is -2.27. The number of nitrogens with one attached hydrogen (secondary N) is 2. The van der Waals surface area contributed by atoms with Crippen LogP contribution in [0.4, 0.5) is 10.5 Å². The van der Waals surface area contributed by atoms with Crippen LogP contribution in [-0.4, -0.2) is 37.6 Å². The Morgan fingerprint density at radius 1 is 1.53 bits per heavy atom. The fourth-order valence-electron chi connectivity index (χ4n) is 2.32. The maximum atomic E-state index is 12.1. The third kappa shape index (κ3) is 4.11. The lowest BCUT2D eigenvalue weighted by molar-refractivity contribution is 0.207. The van der Waals surface area contributed by atoms with Crippen LogP contribution >= 0.6 is 11.6 Å². The first kappa shape index (κ1) is 14.2. The molecule has 1 fully saturated rings. The summed E-state index contributed by atoms with van der Waals surface area (Å²) in [6, 6.07) is 7.15. The van der Waals surface area contributed by atoms with Gasteiger partial charge in [0.1, 0.15) is 0 Å². The minimum Gasteiger partial charge on any atom is -0.327 e. The Morgan fingerprint density at radius 3 is 3.00 bits per heavy atom. The molecular weight excluding hydrogens is 262 g/mol. The summed E-state index contributed by atoms with van der Waals surface area (Å²) in [6.07, 6.45) is 2.36. The number of amides is 2. The molecule has 1 aromatic rings. The summed E-state index contributed by atoms with van der Waals surface area (Å²) in [6.45, 7) is 2.85. The number of rotatable bonds is 3. The van der Waals surface area contributed by atoms with E-state index in [0.29, 0.717) is 16.6 Å². The number of hydrogen-bond acceptors (Lipinski definition) is 2. The highest BCUT2D eigenvalue weighted by Crippen LogP contribution is 2.21. The first-order chi connectivity index (χ1) is 9.16. The first-order valence-corrected chi connectivity index (χ1v) is 7.02. The third-order valence-electron chi connectivity index (χ3n) is 3.39. The normalized spacial score (nSPS) is 18.9. The van der Waals surface area contributed by atoms with Gasteiger partial charge in [0.05, 0.1) is 10.7 Å². The van der Waals surface area contributed by atoms with Crippen LogP contribution in [0.1, 0.15) is 12.8 Å². The Kier molecular flexibility index (Phi) is 5.05. The van der Waals surface area contributed by atoms with Crippen molar-refractivity contribution in [3.05, 3.63) is 29.3 Å². The van der Waals surface area contributed by atoms with Crippen molar-refractivity contribution in [1.29, 1.82) is 0 Å². The second-order valence-electron chi connectivity index (χ2n) is 5.00. The predicted octanol–water partition coefficient (Wildman–Crippen LogP) is 2.80. The second-order valence-corrected chi connectivity index (χ2v) is 5.41. The van der Waals surface area contributed by atoms with Gasteiger partial charge in [-0.1, -0.05) is 23.7 Å². The minimum atomic E-state index is -0.112. The Labute approximate surface area is 119 Å². The summed E-state index contributed by atoms with van der Waals surface area (Å²) >= 11 is 6.02. The van der Waals surface area contributed by atoms with E-state index in [2.05, 4.69) is 10.6 Å². The molecule has 4 nitrogen and oxygen atoms in total. The fraction of sp³-hybridized carbons (Fsp3) is 0.500. The number of urea groups is 1. The smallest absolute Gasteiger partial charge is 0.321 e. The summed E-state index contributed by atoms with van der Waals surface area (Å²) < 4.78 is 0. The molecule has 1 unspecified atom stereocenters. The van der Waals surface area contributed by atoms with E-state index in [-0.39, 0.29) is 6.03 Å². The zero-order valence-electron chi connectivity index (χ0n) is 11.2. The van der Waals surface area contributed by atoms with Crippen molar-refractivity contribution in [2.24, 2.45) is 5.92 Å². The largest absolute Gasteiger partial charge is 0.327 e. The van der Waals surface area contributed by atoms with Gasteiger partial charge in [-0.3, -0.25) is 0 Å². The molecule has 2 rings (SSSR count). The van der Waals surface area contributed by atoms with Gasteiger partial charge in [-0.25, -0.2) is 4.79 Å². The third-order valence-corrected chi connectivity index (χ3v) is 3.72. The molecule has 0 spiro atoms. The summed E-state index contributed by atoms with van der Waals surface area (Å²) in [5.41, 5.74) is 0.655. The fourth-order valence-corrected chi connectivity index (χ4v) is 2.51. The van der Waals surface area contributed by atoms with Crippen molar-refractivity contribution < 1.29 is 4.79 Å². The van der Waals surface area contributed by atoms with Crippen molar-refractivity contribution in [2.75, 3.05) is 32.0 Å². The van der Waals surface area contributed by atoms with Crippen molar-refractivity contribution in [3.63, 3.8) is 0 Å². The average Bonchev–Trinajstić information content (AvgIpc) is 2.42.